The maximum Gasteiger partial charge on any atom is 0.434 e. The van der Waals surface area contributed by atoms with E-state index >= 15 is 0 Å². The van der Waals surface area contributed by atoms with Crippen molar-refractivity contribution in [1.82, 2.24) is 25.1 Å². The lowest BCUT2D eigenvalue weighted by molar-refractivity contribution is -0.156. The van der Waals surface area contributed by atoms with Gasteiger partial charge in [-0.25, -0.2) is 9.78 Å². The normalized spacial score (nSPS) is 24.7. The topological polar surface area (TPSA) is 130 Å². The van der Waals surface area contributed by atoms with Crippen LogP contribution in [0, 0.1) is 0 Å². The standard InChI is InChI=1S/C29H31F3N6O6/c1-28(2)43-25-20(34-23-11-33-10-22(35-23)29(30,31)32)15-40-21(26(25)44-28)16-41-24-9-8-19(36-37-24)18-12-38(13-18)27(39)42-14-17-6-4-3-5-7-17/h3-11,18,20-21,25-26H,12-16H2,1-2H3,(H,34,35)/t20-,21+,25+,26-/m0/s1. The number of carbonyl (C=O) groups is 1. The van der Waals surface area contributed by atoms with Crippen LogP contribution in [-0.4, -0.2) is 87.6 Å². The number of hydrogen-bond acceptors (Lipinski definition) is 11. The van der Waals surface area contributed by atoms with Crippen LogP contribution in [0.5, 0.6) is 5.88 Å². The number of nitrogens with zero attached hydrogens (tertiary/aromatic N) is 5. The molecule has 1 N–H and O–H groups in total. The van der Waals surface area contributed by atoms with Gasteiger partial charge >= 0.3 is 12.3 Å². The van der Waals surface area contributed by atoms with E-state index in [1.54, 1.807) is 30.9 Å². The van der Waals surface area contributed by atoms with Crippen LogP contribution >= 0.6 is 0 Å². The molecule has 0 aliphatic carbocycles. The Kier molecular flexibility index (Phi) is 8.26. The maximum absolute atomic E-state index is 13.1. The average molecular weight is 617 g/mol. The fraction of sp³-hybridized carbons (Fsp3) is 0.483. The van der Waals surface area contributed by atoms with Crippen LogP contribution in [0.4, 0.5) is 23.8 Å². The highest BCUT2D eigenvalue weighted by molar-refractivity contribution is 5.69. The Balaban J connectivity index is 0.998. The Morgan fingerprint density at radius 1 is 1.07 bits per heavy atom. The van der Waals surface area contributed by atoms with Crippen molar-refractivity contribution in [2.75, 3.05) is 31.6 Å². The van der Waals surface area contributed by atoms with E-state index in [1.807, 2.05) is 30.3 Å². The molecular formula is C29H31F3N6O6. The van der Waals surface area contributed by atoms with E-state index in [1.165, 1.54) is 6.20 Å². The van der Waals surface area contributed by atoms with Crippen LogP contribution < -0.4 is 10.1 Å². The zero-order valence-corrected chi connectivity index (χ0v) is 23.9. The molecule has 6 rings (SSSR count). The van der Waals surface area contributed by atoms with E-state index in [0.717, 1.165) is 11.3 Å². The molecular weight excluding hydrogens is 585 g/mol. The highest BCUT2D eigenvalue weighted by atomic mass is 19.4. The van der Waals surface area contributed by atoms with Crippen molar-refractivity contribution in [3.63, 3.8) is 0 Å². The first-order valence-corrected chi connectivity index (χ1v) is 14.1. The van der Waals surface area contributed by atoms with Crippen molar-refractivity contribution in [2.45, 2.75) is 62.7 Å². The summed E-state index contributed by atoms with van der Waals surface area (Å²) in [6.07, 6.45) is -4.80. The molecule has 2 aromatic heterocycles. The van der Waals surface area contributed by atoms with Crippen molar-refractivity contribution >= 4 is 11.9 Å². The van der Waals surface area contributed by atoms with Gasteiger partial charge in [0.05, 0.1) is 30.7 Å². The SMILES string of the molecule is CC1(C)O[C@@H]2[C@H](O1)[C@@H](Nc1cncc(C(F)(F)F)n1)CO[C@@H]2COc1ccc(C2CN(C(=O)OCc3ccccc3)C2)nn1. The van der Waals surface area contributed by atoms with Gasteiger partial charge in [-0.3, -0.25) is 4.98 Å². The molecule has 0 unspecified atom stereocenters. The second-order valence-corrected chi connectivity index (χ2v) is 11.2. The molecule has 1 amide bonds. The molecule has 12 nitrogen and oxygen atoms in total. The molecule has 1 aromatic carbocycles. The zero-order chi connectivity index (χ0) is 30.9. The van der Waals surface area contributed by atoms with Crippen LogP contribution in [0.25, 0.3) is 0 Å². The number of alkyl halides is 3. The number of anilines is 1. The molecule has 3 saturated heterocycles. The van der Waals surface area contributed by atoms with Crippen LogP contribution in [-0.2, 0) is 31.7 Å². The minimum Gasteiger partial charge on any atom is -0.474 e. The Morgan fingerprint density at radius 3 is 2.57 bits per heavy atom. The number of aromatic nitrogens is 4. The Labute approximate surface area is 250 Å². The van der Waals surface area contributed by atoms with E-state index < -0.39 is 42.0 Å². The minimum absolute atomic E-state index is 0.0421. The lowest BCUT2D eigenvalue weighted by Crippen LogP contribution is -2.56. The Bertz CT molecular complexity index is 1440. The van der Waals surface area contributed by atoms with Gasteiger partial charge in [0.1, 0.15) is 37.3 Å². The second-order valence-electron chi connectivity index (χ2n) is 11.2. The quantitative estimate of drug-likeness (QED) is 0.397. The molecule has 0 saturated carbocycles. The zero-order valence-electron chi connectivity index (χ0n) is 23.9. The summed E-state index contributed by atoms with van der Waals surface area (Å²) >= 11 is 0. The molecule has 3 aliphatic rings. The van der Waals surface area contributed by atoms with Gasteiger partial charge in [-0.2, -0.15) is 18.3 Å². The summed E-state index contributed by atoms with van der Waals surface area (Å²) in [5.41, 5.74) is 0.555. The van der Waals surface area contributed by atoms with Crippen LogP contribution in [0.1, 0.15) is 36.7 Å². The summed E-state index contributed by atoms with van der Waals surface area (Å²) in [5, 5.41) is 11.4. The average Bonchev–Trinajstić information content (AvgIpc) is 3.31. The van der Waals surface area contributed by atoms with Gasteiger partial charge in [0, 0.05) is 25.1 Å². The van der Waals surface area contributed by atoms with E-state index in [-0.39, 0.29) is 43.5 Å². The third kappa shape index (κ3) is 6.84. The highest BCUT2D eigenvalue weighted by Gasteiger charge is 2.52. The van der Waals surface area contributed by atoms with Crippen LogP contribution in [0.3, 0.4) is 0 Å². The molecule has 3 aliphatic heterocycles. The van der Waals surface area contributed by atoms with Gasteiger partial charge in [-0.15, -0.1) is 5.10 Å². The monoisotopic (exact) mass is 616 g/mol. The first-order chi connectivity index (χ1) is 21.0. The minimum atomic E-state index is -4.62. The largest absolute Gasteiger partial charge is 0.474 e. The van der Waals surface area contributed by atoms with Crippen molar-refractivity contribution in [3.8, 4) is 5.88 Å². The van der Waals surface area contributed by atoms with Gasteiger partial charge in [0.15, 0.2) is 11.5 Å². The van der Waals surface area contributed by atoms with Crippen LogP contribution in [0.15, 0.2) is 54.9 Å². The summed E-state index contributed by atoms with van der Waals surface area (Å²) in [5.74, 6) is -0.679. The molecule has 0 spiro atoms. The number of carbonyl (C=O) groups excluding carboxylic acids is 1. The Morgan fingerprint density at radius 2 is 1.84 bits per heavy atom. The van der Waals surface area contributed by atoms with E-state index in [0.29, 0.717) is 19.3 Å². The summed E-state index contributed by atoms with van der Waals surface area (Å²) in [4.78, 5) is 21.2. The molecule has 44 heavy (non-hydrogen) atoms. The summed E-state index contributed by atoms with van der Waals surface area (Å²) in [7, 11) is 0. The number of rotatable bonds is 8. The smallest absolute Gasteiger partial charge is 0.434 e. The van der Waals surface area contributed by atoms with Crippen molar-refractivity contribution < 1.29 is 41.7 Å². The first kappa shape index (κ1) is 30.0. The fourth-order valence-electron chi connectivity index (χ4n) is 5.28. The molecule has 0 bridgehead atoms. The third-order valence-electron chi connectivity index (χ3n) is 7.49. The van der Waals surface area contributed by atoms with Crippen molar-refractivity contribution in [1.29, 1.82) is 0 Å². The lowest BCUT2D eigenvalue weighted by Gasteiger charge is -2.37. The van der Waals surface area contributed by atoms with E-state index in [4.69, 9.17) is 23.7 Å². The number of fused-ring (bicyclic) bond motifs is 1. The molecule has 234 valence electrons. The molecule has 5 heterocycles. The maximum atomic E-state index is 13.1. The first-order valence-electron chi connectivity index (χ1n) is 14.1. The van der Waals surface area contributed by atoms with Crippen LogP contribution in [0.2, 0.25) is 0 Å². The number of benzene rings is 1. The molecule has 3 aromatic rings. The summed E-state index contributed by atoms with van der Waals surface area (Å²) < 4.78 is 68.7. The lowest BCUT2D eigenvalue weighted by atomic mass is 9.97. The second kappa shape index (κ2) is 12.1. The van der Waals surface area contributed by atoms with Gasteiger partial charge in [0.2, 0.25) is 5.88 Å². The van der Waals surface area contributed by atoms with Gasteiger partial charge in [0.25, 0.3) is 0 Å². The van der Waals surface area contributed by atoms with Gasteiger partial charge < -0.3 is 33.9 Å². The summed E-state index contributed by atoms with van der Waals surface area (Å²) in [6.45, 7) is 4.86. The highest BCUT2D eigenvalue weighted by Crippen LogP contribution is 2.37. The molecule has 15 heteroatoms. The van der Waals surface area contributed by atoms with Crippen molar-refractivity contribution in [2.24, 2.45) is 0 Å². The summed E-state index contributed by atoms with van der Waals surface area (Å²) in [6, 6.07) is 12.4. The number of hydrogen-bond donors (Lipinski definition) is 1. The number of likely N-dealkylation sites (tertiary alicyclic amines) is 1. The number of nitrogens with one attached hydrogen (secondary N) is 1. The predicted molar refractivity (Wildman–Crippen MR) is 146 cm³/mol. The van der Waals surface area contributed by atoms with E-state index in [9.17, 15) is 18.0 Å². The van der Waals surface area contributed by atoms with Gasteiger partial charge in [-0.05, 0) is 25.5 Å². The predicted octanol–water partition coefficient (Wildman–Crippen LogP) is 3.80. The molecule has 3 fully saturated rings. The molecule has 4 atom stereocenters. The van der Waals surface area contributed by atoms with Crippen molar-refractivity contribution in [3.05, 3.63) is 71.8 Å². The third-order valence-corrected chi connectivity index (χ3v) is 7.49. The number of ether oxygens (including phenoxy) is 5. The van der Waals surface area contributed by atoms with Gasteiger partial charge in [-0.1, -0.05) is 30.3 Å². The fourth-order valence-corrected chi connectivity index (χ4v) is 5.28. The molecule has 0 radical (unpaired) electrons. The Hall–Kier alpha value is -4.08. The number of halogens is 3. The number of amides is 1. The van der Waals surface area contributed by atoms with E-state index in [2.05, 4.69) is 25.5 Å².